The topological polar surface area (TPSA) is 29.3 Å². The zero-order chi connectivity index (χ0) is 11.3. The minimum absolute atomic E-state index is 0.679. The molecule has 2 N–H and O–H groups in total. The molecule has 1 aromatic rings. The summed E-state index contributed by atoms with van der Waals surface area (Å²) in [6.07, 6.45) is 1.17. The molecule has 0 aliphatic carbocycles. The molecule has 0 amide bonds. The van der Waals surface area contributed by atoms with Gasteiger partial charge in [-0.15, -0.1) is 0 Å². The van der Waals surface area contributed by atoms with E-state index in [1.165, 1.54) is 12.1 Å². The fourth-order valence-electron chi connectivity index (χ4n) is 1.76. The standard InChI is InChI=1S/C13H22N2/c1-4-8-15(10-11(2)3)13-7-5-6-12(14)9-13/h5-7,9,11H,4,8,10,14H2,1-3H3. The summed E-state index contributed by atoms with van der Waals surface area (Å²) in [7, 11) is 0. The summed E-state index contributed by atoms with van der Waals surface area (Å²) in [4.78, 5) is 2.40. The Morgan fingerprint density at radius 3 is 2.60 bits per heavy atom. The third-order valence-corrected chi connectivity index (χ3v) is 2.31. The second-order valence-electron chi connectivity index (χ2n) is 4.43. The van der Waals surface area contributed by atoms with Crippen LogP contribution in [0.15, 0.2) is 24.3 Å². The monoisotopic (exact) mass is 206 g/mol. The second kappa shape index (κ2) is 5.64. The Bertz CT molecular complexity index is 294. The van der Waals surface area contributed by atoms with Crippen LogP contribution in [0.5, 0.6) is 0 Å². The molecule has 2 heteroatoms. The molecule has 84 valence electrons. The molecule has 0 aliphatic rings. The van der Waals surface area contributed by atoms with Crippen LogP contribution in [-0.4, -0.2) is 13.1 Å². The van der Waals surface area contributed by atoms with Crippen LogP contribution in [0.2, 0.25) is 0 Å². The summed E-state index contributed by atoms with van der Waals surface area (Å²) in [5.74, 6) is 0.679. The summed E-state index contributed by atoms with van der Waals surface area (Å²) >= 11 is 0. The maximum absolute atomic E-state index is 5.80. The van der Waals surface area contributed by atoms with Crippen molar-refractivity contribution in [1.82, 2.24) is 0 Å². The van der Waals surface area contributed by atoms with E-state index >= 15 is 0 Å². The molecule has 0 saturated carbocycles. The number of hydrogen-bond acceptors (Lipinski definition) is 2. The van der Waals surface area contributed by atoms with Crippen molar-refractivity contribution in [3.63, 3.8) is 0 Å². The van der Waals surface area contributed by atoms with Crippen molar-refractivity contribution in [2.75, 3.05) is 23.7 Å². The highest BCUT2D eigenvalue weighted by Crippen LogP contribution is 2.18. The molecule has 0 aliphatic heterocycles. The lowest BCUT2D eigenvalue weighted by Gasteiger charge is -2.26. The van der Waals surface area contributed by atoms with Crippen LogP contribution in [0, 0.1) is 5.92 Å². The van der Waals surface area contributed by atoms with E-state index in [2.05, 4.69) is 37.8 Å². The Hall–Kier alpha value is -1.18. The molecule has 0 unspecified atom stereocenters. The average molecular weight is 206 g/mol. The first-order valence-electron chi connectivity index (χ1n) is 5.74. The van der Waals surface area contributed by atoms with Crippen LogP contribution in [0.3, 0.4) is 0 Å². The Labute approximate surface area is 93.1 Å². The van der Waals surface area contributed by atoms with Gasteiger partial charge < -0.3 is 10.6 Å². The first kappa shape index (κ1) is 11.9. The summed E-state index contributed by atoms with van der Waals surface area (Å²) < 4.78 is 0. The number of nitrogens with two attached hydrogens (primary N) is 1. The van der Waals surface area contributed by atoms with E-state index in [0.29, 0.717) is 5.92 Å². The summed E-state index contributed by atoms with van der Waals surface area (Å²) in [6.45, 7) is 8.89. The number of nitrogens with zero attached hydrogens (tertiary/aromatic N) is 1. The van der Waals surface area contributed by atoms with Crippen LogP contribution in [0.4, 0.5) is 11.4 Å². The zero-order valence-electron chi connectivity index (χ0n) is 10.0. The van der Waals surface area contributed by atoms with Crippen molar-refractivity contribution in [3.8, 4) is 0 Å². The molecule has 15 heavy (non-hydrogen) atoms. The third kappa shape index (κ3) is 3.82. The van der Waals surface area contributed by atoms with Gasteiger partial charge in [-0.25, -0.2) is 0 Å². The Morgan fingerprint density at radius 2 is 2.07 bits per heavy atom. The van der Waals surface area contributed by atoms with Crippen molar-refractivity contribution in [3.05, 3.63) is 24.3 Å². The SMILES string of the molecule is CCCN(CC(C)C)c1cccc(N)c1. The molecule has 0 saturated heterocycles. The lowest BCUT2D eigenvalue weighted by atomic mass is 10.1. The van der Waals surface area contributed by atoms with Gasteiger partial charge in [0.2, 0.25) is 0 Å². The molecule has 1 rings (SSSR count). The van der Waals surface area contributed by atoms with Gasteiger partial charge in [0.25, 0.3) is 0 Å². The highest BCUT2D eigenvalue weighted by molar-refractivity contribution is 5.55. The van der Waals surface area contributed by atoms with E-state index in [1.807, 2.05) is 12.1 Å². The predicted molar refractivity (Wildman–Crippen MR) is 68.2 cm³/mol. The highest BCUT2D eigenvalue weighted by Gasteiger charge is 2.07. The van der Waals surface area contributed by atoms with Gasteiger partial charge in [-0.3, -0.25) is 0 Å². The maximum atomic E-state index is 5.80. The quantitative estimate of drug-likeness (QED) is 0.750. The van der Waals surface area contributed by atoms with Crippen molar-refractivity contribution >= 4 is 11.4 Å². The first-order chi connectivity index (χ1) is 7.13. The molecule has 0 aromatic heterocycles. The van der Waals surface area contributed by atoms with Gasteiger partial charge in [-0.2, -0.15) is 0 Å². The minimum Gasteiger partial charge on any atom is -0.399 e. The molecule has 0 radical (unpaired) electrons. The lowest BCUT2D eigenvalue weighted by Crippen LogP contribution is -2.28. The first-order valence-corrected chi connectivity index (χ1v) is 5.74. The Balaban J connectivity index is 2.78. The van der Waals surface area contributed by atoms with E-state index in [9.17, 15) is 0 Å². The van der Waals surface area contributed by atoms with E-state index in [-0.39, 0.29) is 0 Å². The van der Waals surface area contributed by atoms with E-state index < -0.39 is 0 Å². The molecule has 0 fully saturated rings. The Kier molecular flexibility index (Phi) is 4.47. The van der Waals surface area contributed by atoms with Crippen LogP contribution in [0.25, 0.3) is 0 Å². The van der Waals surface area contributed by atoms with E-state index in [4.69, 9.17) is 5.73 Å². The number of nitrogen functional groups attached to an aromatic ring is 1. The van der Waals surface area contributed by atoms with Crippen molar-refractivity contribution in [2.24, 2.45) is 5.92 Å². The summed E-state index contributed by atoms with van der Waals surface area (Å²) in [5, 5.41) is 0. The van der Waals surface area contributed by atoms with Crippen molar-refractivity contribution in [2.45, 2.75) is 27.2 Å². The minimum atomic E-state index is 0.679. The van der Waals surface area contributed by atoms with Gasteiger partial charge in [0, 0.05) is 24.5 Å². The van der Waals surface area contributed by atoms with Gasteiger partial charge in [0.15, 0.2) is 0 Å². The molecular formula is C13H22N2. The molecule has 2 nitrogen and oxygen atoms in total. The molecule has 0 spiro atoms. The van der Waals surface area contributed by atoms with Crippen LogP contribution in [0.1, 0.15) is 27.2 Å². The van der Waals surface area contributed by atoms with Gasteiger partial charge in [-0.1, -0.05) is 26.8 Å². The van der Waals surface area contributed by atoms with Gasteiger partial charge >= 0.3 is 0 Å². The number of benzene rings is 1. The smallest absolute Gasteiger partial charge is 0.0386 e. The molecule has 0 heterocycles. The molecule has 0 atom stereocenters. The second-order valence-corrected chi connectivity index (χ2v) is 4.43. The van der Waals surface area contributed by atoms with E-state index in [1.54, 1.807) is 0 Å². The fourth-order valence-corrected chi connectivity index (χ4v) is 1.76. The average Bonchev–Trinajstić information content (AvgIpc) is 2.16. The largest absolute Gasteiger partial charge is 0.399 e. The third-order valence-electron chi connectivity index (χ3n) is 2.31. The van der Waals surface area contributed by atoms with Crippen LogP contribution >= 0.6 is 0 Å². The highest BCUT2D eigenvalue weighted by atomic mass is 15.1. The number of rotatable bonds is 5. The Morgan fingerprint density at radius 1 is 1.33 bits per heavy atom. The van der Waals surface area contributed by atoms with Crippen molar-refractivity contribution < 1.29 is 0 Å². The molecule has 0 bridgehead atoms. The van der Waals surface area contributed by atoms with Gasteiger partial charge in [0.1, 0.15) is 0 Å². The van der Waals surface area contributed by atoms with Crippen LogP contribution in [-0.2, 0) is 0 Å². The lowest BCUT2D eigenvalue weighted by molar-refractivity contribution is 0.606. The number of hydrogen-bond donors (Lipinski definition) is 1. The normalized spacial score (nSPS) is 10.7. The van der Waals surface area contributed by atoms with Gasteiger partial charge in [0.05, 0.1) is 0 Å². The van der Waals surface area contributed by atoms with E-state index in [0.717, 1.165) is 18.8 Å². The maximum Gasteiger partial charge on any atom is 0.0386 e. The summed E-state index contributed by atoms with van der Waals surface area (Å²) in [5.41, 5.74) is 7.88. The predicted octanol–water partition coefficient (Wildman–Crippen LogP) is 3.14. The molecule has 1 aromatic carbocycles. The zero-order valence-corrected chi connectivity index (χ0v) is 10.0. The number of anilines is 2. The molecular weight excluding hydrogens is 184 g/mol. The fraction of sp³-hybridized carbons (Fsp3) is 0.538. The summed E-state index contributed by atoms with van der Waals surface area (Å²) in [6, 6.07) is 8.14. The van der Waals surface area contributed by atoms with Crippen LogP contribution < -0.4 is 10.6 Å². The van der Waals surface area contributed by atoms with Crippen molar-refractivity contribution in [1.29, 1.82) is 0 Å². The van der Waals surface area contributed by atoms with Gasteiger partial charge in [-0.05, 0) is 30.5 Å².